The van der Waals surface area contributed by atoms with Crippen molar-refractivity contribution in [1.29, 1.82) is 0 Å². The van der Waals surface area contributed by atoms with E-state index in [1.54, 1.807) is 0 Å². The molecule has 0 unspecified atom stereocenters. The highest BCUT2D eigenvalue weighted by Gasteiger charge is 1.99. The average molecular weight is 404 g/mol. The number of nitrogens with two attached hydrogens (primary N) is 2. The third-order valence-electron chi connectivity index (χ3n) is 2.62. The van der Waals surface area contributed by atoms with Crippen LogP contribution in [0.3, 0.4) is 0 Å². The van der Waals surface area contributed by atoms with Gasteiger partial charge in [0.1, 0.15) is 11.6 Å². The number of halogens is 2. The summed E-state index contributed by atoms with van der Waals surface area (Å²) >= 11 is 0. The van der Waals surface area contributed by atoms with Gasteiger partial charge in [-0.05, 0) is 12.8 Å². The number of carboxylic acids is 2. The zero-order valence-electron chi connectivity index (χ0n) is 14.3. The number of hydrogen-bond acceptors (Lipinski definition) is 8. The molecule has 0 saturated carbocycles. The van der Waals surface area contributed by atoms with Crippen LogP contribution in [0.5, 0.6) is 0 Å². The minimum Gasteiger partial charge on any atom is -0.481 e. The number of aromatic nitrogens is 4. The van der Waals surface area contributed by atoms with Gasteiger partial charge in [-0.15, -0.1) is 0 Å². The normalized spacial score (nSPS) is 9.36. The smallest absolute Gasteiger partial charge is 0.346 e. The van der Waals surface area contributed by atoms with Gasteiger partial charge in [-0.1, -0.05) is 0 Å². The monoisotopic (exact) mass is 404 g/mol. The van der Waals surface area contributed by atoms with Crippen molar-refractivity contribution in [1.82, 2.24) is 19.9 Å². The van der Waals surface area contributed by atoms with E-state index in [-0.39, 0.29) is 24.5 Å². The maximum atomic E-state index is 12.1. The molecule has 154 valence electrons. The number of H-pyrrole nitrogens is 2. The van der Waals surface area contributed by atoms with Crippen LogP contribution in [0, 0.1) is 11.6 Å². The second-order valence-electron chi connectivity index (χ2n) is 4.89. The van der Waals surface area contributed by atoms with Crippen LogP contribution < -0.4 is 22.8 Å². The summed E-state index contributed by atoms with van der Waals surface area (Å²) in [5.41, 5.74) is 8.61. The number of rotatable bonds is 5. The molecule has 0 saturated heterocycles. The van der Waals surface area contributed by atoms with Crippen LogP contribution in [-0.2, 0) is 9.59 Å². The molecule has 28 heavy (non-hydrogen) atoms. The van der Waals surface area contributed by atoms with Crippen molar-refractivity contribution in [3.8, 4) is 0 Å². The molecule has 14 heteroatoms. The van der Waals surface area contributed by atoms with Gasteiger partial charge in [-0.3, -0.25) is 19.6 Å². The van der Waals surface area contributed by atoms with E-state index in [2.05, 4.69) is 9.97 Å². The third-order valence-corrected chi connectivity index (χ3v) is 2.62. The van der Waals surface area contributed by atoms with Crippen LogP contribution in [-0.4, -0.2) is 42.1 Å². The van der Waals surface area contributed by atoms with E-state index in [9.17, 15) is 28.0 Å². The number of hydrogen-bond donors (Lipinski definition) is 6. The molecule has 0 fully saturated rings. The van der Waals surface area contributed by atoms with Crippen LogP contribution in [0.2, 0.25) is 0 Å². The van der Waals surface area contributed by atoms with E-state index < -0.39 is 35.0 Å². The number of nitrogens with zero attached hydrogens (tertiary/aromatic N) is 2. The molecule has 0 amide bonds. The molecule has 0 spiro atoms. The van der Waals surface area contributed by atoms with Gasteiger partial charge >= 0.3 is 23.3 Å². The topological polar surface area (TPSA) is 218 Å². The van der Waals surface area contributed by atoms with Crippen molar-refractivity contribution in [2.45, 2.75) is 25.7 Å². The molecule has 0 bridgehead atoms. The number of nitrogens with one attached hydrogen (secondary N) is 2. The largest absolute Gasteiger partial charge is 0.481 e. The molecule has 2 aromatic heterocycles. The highest BCUT2D eigenvalue weighted by Crippen LogP contribution is 1.99. The number of aliphatic carboxylic acids is 2. The molecule has 0 aliphatic carbocycles. The maximum absolute atomic E-state index is 12.1. The number of nitrogen functional groups attached to an aromatic ring is 2. The number of aromatic amines is 2. The Bertz CT molecular complexity index is 827. The minimum absolute atomic E-state index is 0.0628. The van der Waals surface area contributed by atoms with Gasteiger partial charge in [0.05, 0.1) is 12.4 Å². The number of unbranched alkanes of at least 4 members (excludes halogenated alkanes) is 1. The summed E-state index contributed by atoms with van der Waals surface area (Å²) in [6.07, 6.45) is 2.56. The molecular weight excluding hydrogens is 386 g/mol. The molecule has 12 nitrogen and oxygen atoms in total. The van der Waals surface area contributed by atoms with E-state index in [1.807, 2.05) is 9.97 Å². The van der Waals surface area contributed by atoms with Crippen LogP contribution >= 0.6 is 0 Å². The van der Waals surface area contributed by atoms with E-state index in [1.165, 1.54) is 0 Å². The van der Waals surface area contributed by atoms with Crippen molar-refractivity contribution in [3.05, 3.63) is 45.0 Å². The predicted octanol–water partition coefficient (Wildman–Crippen LogP) is -0.302. The van der Waals surface area contributed by atoms with Crippen molar-refractivity contribution in [2.75, 3.05) is 11.5 Å². The Hall–Kier alpha value is -3.84. The molecule has 8 N–H and O–H groups in total. The first-order valence-electron chi connectivity index (χ1n) is 7.47. The van der Waals surface area contributed by atoms with E-state index in [4.69, 9.17) is 21.7 Å². The zero-order valence-corrected chi connectivity index (χ0v) is 14.3. The minimum atomic E-state index is -0.870. The summed E-state index contributed by atoms with van der Waals surface area (Å²) in [6, 6.07) is 0. The second-order valence-corrected chi connectivity index (χ2v) is 4.89. The van der Waals surface area contributed by atoms with Gasteiger partial charge in [-0.2, -0.15) is 9.97 Å². The van der Waals surface area contributed by atoms with Crippen LogP contribution in [0.1, 0.15) is 25.7 Å². The van der Waals surface area contributed by atoms with Crippen LogP contribution in [0.15, 0.2) is 22.0 Å². The standard InChI is InChI=1S/C6H10O4.2C4H4FN3O/c7-5(8)3-1-2-4-6(9)10;2*5-2-1-7-4(9)8-3(2)6/h1-4H2,(H,7,8)(H,9,10);2*1H,(H3,6,7,8,9). The Morgan fingerprint density at radius 3 is 1.39 bits per heavy atom. The maximum Gasteiger partial charge on any atom is 0.346 e. The van der Waals surface area contributed by atoms with Gasteiger partial charge in [0.15, 0.2) is 11.6 Å². The number of carboxylic acid groups (broad SMARTS) is 2. The van der Waals surface area contributed by atoms with Crippen molar-refractivity contribution < 1.29 is 28.6 Å². The van der Waals surface area contributed by atoms with Gasteiger partial charge in [0.25, 0.3) is 0 Å². The van der Waals surface area contributed by atoms with Crippen molar-refractivity contribution >= 4 is 23.6 Å². The molecule has 0 radical (unpaired) electrons. The molecule has 0 aliphatic rings. The quantitative estimate of drug-likeness (QED) is 0.357. The summed E-state index contributed by atoms with van der Waals surface area (Å²) in [5, 5.41) is 16.3. The Labute approximate surface area is 155 Å². The highest BCUT2D eigenvalue weighted by atomic mass is 19.1. The van der Waals surface area contributed by atoms with Crippen LogP contribution in [0.25, 0.3) is 0 Å². The highest BCUT2D eigenvalue weighted by molar-refractivity contribution is 5.67. The Morgan fingerprint density at radius 1 is 0.857 bits per heavy atom. The molecule has 2 aromatic rings. The second kappa shape index (κ2) is 12.5. The summed E-state index contributed by atoms with van der Waals surface area (Å²) in [5.74, 6) is -3.73. The van der Waals surface area contributed by atoms with E-state index in [0.29, 0.717) is 12.8 Å². The fraction of sp³-hybridized carbons (Fsp3) is 0.286. The average Bonchev–Trinajstić information content (AvgIpc) is 2.60. The molecular formula is C14H18F2N6O6. The Balaban J connectivity index is 0.000000391. The summed E-state index contributed by atoms with van der Waals surface area (Å²) in [6.45, 7) is 0. The first-order valence-corrected chi connectivity index (χ1v) is 7.47. The lowest BCUT2D eigenvalue weighted by Crippen LogP contribution is -2.12. The molecule has 2 rings (SSSR count). The van der Waals surface area contributed by atoms with E-state index >= 15 is 0 Å². The first-order chi connectivity index (χ1) is 13.0. The van der Waals surface area contributed by atoms with E-state index in [0.717, 1.165) is 12.4 Å². The van der Waals surface area contributed by atoms with Gasteiger partial charge in [0.2, 0.25) is 0 Å². The summed E-state index contributed by atoms with van der Waals surface area (Å²) in [7, 11) is 0. The number of anilines is 2. The summed E-state index contributed by atoms with van der Waals surface area (Å²) < 4.78 is 24.3. The summed E-state index contributed by atoms with van der Waals surface area (Å²) in [4.78, 5) is 50.3. The lowest BCUT2D eigenvalue weighted by Gasteiger charge is -1.92. The lowest BCUT2D eigenvalue weighted by atomic mass is 10.2. The van der Waals surface area contributed by atoms with Gasteiger partial charge < -0.3 is 21.7 Å². The molecule has 0 atom stereocenters. The SMILES string of the molecule is Nc1[nH]c(=O)ncc1F.Nc1[nH]c(=O)ncc1F.O=C(O)CCCCC(=O)O. The fourth-order valence-electron chi connectivity index (χ4n) is 1.34. The molecule has 2 heterocycles. The third kappa shape index (κ3) is 11.7. The Kier molecular flexibility index (Phi) is 10.8. The molecule has 0 aliphatic heterocycles. The molecule has 0 aromatic carbocycles. The van der Waals surface area contributed by atoms with Crippen LogP contribution in [0.4, 0.5) is 20.4 Å². The predicted molar refractivity (Wildman–Crippen MR) is 92.2 cm³/mol. The van der Waals surface area contributed by atoms with Crippen molar-refractivity contribution in [2.24, 2.45) is 0 Å². The fourth-order valence-corrected chi connectivity index (χ4v) is 1.34. The zero-order chi connectivity index (χ0) is 21.7. The van der Waals surface area contributed by atoms with Gasteiger partial charge in [-0.25, -0.2) is 18.4 Å². The number of carbonyl (C=O) groups is 2. The first kappa shape index (κ1) is 24.2. The van der Waals surface area contributed by atoms with Crippen molar-refractivity contribution in [3.63, 3.8) is 0 Å². The van der Waals surface area contributed by atoms with Gasteiger partial charge in [0, 0.05) is 12.8 Å². The Morgan fingerprint density at radius 2 is 1.18 bits per heavy atom. The lowest BCUT2D eigenvalue weighted by molar-refractivity contribution is -0.139.